The number of phenolic OH excluding ortho intramolecular Hbond substituents is 3. The zero-order chi connectivity index (χ0) is 36.9. The number of Topliss-reactive ketones (excluding diaryl/α,β-unsaturated/α-hetero) is 1. The van der Waals surface area contributed by atoms with Gasteiger partial charge in [-0.3, -0.25) is 14.6 Å². The van der Waals surface area contributed by atoms with E-state index in [0.717, 1.165) is 22.8 Å². The molecular weight excluding hydrogens is 675 g/mol. The Morgan fingerprint density at radius 3 is 2.15 bits per heavy atom. The molecule has 7 N–H and O–H groups in total. The van der Waals surface area contributed by atoms with Crippen molar-refractivity contribution in [3.8, 4) is 23.0 Å². The highest BCUT2D eigenvalue weighted by Gasteiger charge is 2.45. The molecule has 6 atom stereocenters. The molecule has 0 aromatic heterocycles. The number of carbonyl (C=O) groups excluding carboxylic acids is 1. The number of aromatic hydroxyl groups is 3. The van der Waals surface area contributed by atoms with Crippen molar-refractivity contribution in [1.82, 2.24) is 9.80 Å². The van der Waals surface area contributed by atoms with E-state index < -0.39 is 48.8 Å². The van der Waals surface area contributed by atoms with E-state index in [9.17, 15) is 44.9 Å². The van der Waals surface area contributed by atoms with Crippen molar-refractivity contribution in [1.29, 1.82) is 0 Å². The zero-order valence-electron chi connectivity index (χ0n) is 28.3. The van der Waals surface area contributed by atoms with Gasteiger partial charge in [0.05, 0.1) is 18.2 Å². The topological polar surface area (TPSA) is 184 Å². The third kappa shape index (κ3) is 8.21. The number of aliphatic hydroxyl groups is 4. The number of benzene rings is 4. The molecule has 4 aromatic carbocycles. The molecule has 0 spiro atoms. The average molecular weight is 719 g/mol. The van der Waals surface area contributed by atoms with Crippen LogP contribution >= 0.6 is 0 Å². The van der Waals surface area contributed by atoms with Gasteiger partial charge in [0.1, 0.15) is 58.8 Å². The van der Waals surface area contributed by atoms with Crippen LogP contribution in [0.1, 0.15) is 45.1 Å². The third-order valence-electron chi connectivity index (χ3n) is 9.75. The lowest BCUT2D eigenvalue weighted by Gasteiger charge is -2.40. The van der Waals surface area contributed by atoms with Gasteiger partial charge in [-0.15, -0.1) is 0 Å². The number of ketones is 1. The molecule has 0 radical (unpaired) electrons. The second-order valence-corrected chi connectivity index (χ2v) is 13.2. The summed E-state index contributed by atoms with van der Waals surface area (Å²) in [6.07, 6.45) is -8.02. The Labute approximate surface area is 300 Å². The normalized spacial score (nSPS) is 23.3. The number of nitrogens with zero attached hydrogens (tertiary/aromatic N) is 2. The quantitative estimate of drug-likeness (QED) is 0.107. The van der Waals surface area contributed by atoms with E-state index in [-0.39, 0.29) is 59.6 Å². The number of phenols is 3. The molecule has 52 heavy (non-hydrogen) atoms. The summed E-state index contributed by atoms with van der Waals surface area (Å²) in [6.45, 7) is 1.66. The number of halogens is 1. The predicted octanol–water partition coefficient (Wildman–Crippen LogP) is 2.84. The summed E-state index contributed by atoms with van der Waals surface area (Å²) in [7, 11) is 0. The first kappa shape index (κ1) is 37.2. The minimum absolute atomic E-state index is 0.0676. The summed E-state index contributed by atoms with van der Waals surface area (Å²) in [5, 5.41) is 73.3. The molecule has 0 amide bonds. The number of carbonyl (C=O) groups is 1. The van der Waals surface area contributed by atoms with E-state index in [4.69, 9.17) is 9.47 Å². The Bertz CT molecular complexity index is 1800. The van der Waals surface area contributed by atoms with Gasteiger partial charge in [-0.1, -0.05) is 54.6 Å². The molecule has 6 rings (SSSR count). The lowest BCUT2D eigenvalue weighted by atomic mass is 9.96. The van der Waals surface area contributed by atoms with Crippen LogP contribution in [0.15, 0.2) is 84.9 Å². The van der Waals surface area contributed by atoms with Crippen molar-refractivity contribution in [3.63, 3.8) is 0 Å². The van der Waals surface area contributed by atoms with Gasteiger partial charge in [0.15, 0.2) is 5.78 Å². The first-order chi connectivity index (χ1) is 25.0. The molecule has 2 fully saturated rings. The fourth-order valence-electron chi connectivity index (χ4n) is 6.82. The monoisotopic (exact) mass is 718 g/mol. The van der Waals surface area contributed by atoms with E-state index in [1.165, 1.54) is 24.3 Å². The maximum atomic E-state index is 13.8. The zero-order valence-corrected chi connectivity index (χ0v) is 28.3. The largest absolute Gasteiger partial charge is 0.508 e. The van der Waals surface area contributed by atoms with E-state index in [0.29, 0.717) is 26.2 Å². The second kappa shape index (κ2) is 16.4. The van der Waals surface area contributed by atoms with Crippen LogP contribution in [-0.2, 0) is 17.7 Å². The fourth-order valence-corrected chi connectivity index (χ4v) is 6.82. The fraction of sp³-hybridized carbons (Fsp3) is 0.359. The Kier molecular flexibility index (Phi) is 11.7. The van der Waals surface area contributed by atoms with Gasteiger partial charge in [0.25, 0.3) is 0 Å². The van der Waals surface area contributed by atoms with Crippen LogP contribution in [0, 0.1) is 5.82 Å². The van der Waals surface area contributed by atoms with Crippen LogP contribution in [-0.4, -0.2) is 115 Å². The smallest absolute Gasteiger partial charge is 0.229 e. The van der Waals surface area contributed by atoms with Gasteiger partial charge in [-0.05, 0) is 47.4 Å². The maximum absolute atomic E-state index is 13.8. The van der Waals surface area contributed by atoms with Crippen LogP contribution in [0.2, 0.25) is 0 Å². The first-order valence-corrected chi connectivity index (χ1v) is 17.2. The molecule has 0 aliphatic carbocycles. The van der Waals surface area contributed by atoms with Crippen LogP contribution in [0.3, 0.4) is 0 Å². The third-order valence-corrected chi connectivity index (χ3v) is 9.75. The Hall–Kier alpha value is -4.60. The Morgan fingerprint density at radius 1 is 0.846 bits per heavy atom. The van der Waals surface area contributed by atoms with Gasteiger partial charge in [-0.25, -0.2) is 4.39 Å². The number of piperazine rings is 1. The lowest BCUT2D eigenvalue weighted by molar-refractivity contribution is -0.277. The maximum Gasteiger partial charge on any atom is 0.229 e. The summed E-state index contributed by atoms with van der Waals surface area (Å²) in [4.78, 5) is 18.1. The van der Waals surface area contributed by atoms with Gasteiger partial charge >= 0.3 is 0 Å². The second-order valence-electron chi connectivity index (χ2n) is 13.2. The molecule has 0 bridgehead atoms. The highest BCUT2D eigenvalue weighted by atomic mass is 19.1. The molecule has 12 nitrogen and oxygen atoms in total. The minimum Gasteiger partial charge on any atom is -0.508 e. The molecule has 13 heteroatoms. The number of hydrogen-bond donors (Lipinski definition) is 7. The molecule has 2 aliphatic rings. The van der Waals surface area contributed by atoms with Crippen LogP contribution in [0.5, 0.6) is 23.0 Å². The molecule has 2 saturated heterocycles. The molecule has 4 aromatic rings. The van der Waals surface area contributed by atoms with Crippen LogP contribution in [0.4, 0.5) is 4.39 Å². The molecule has 0 saturated carbocycles. The predicted molar refractivity (Wildman–Crippen MR) is 186 cm³/mol. The Balaban J connectivity index is 1.24. The van der Waals surface area contributed by atoms with E-state index in [1.54, 1.807) is 24.3 Å². The van der Waals surface area contributed by atoms with E-state index in [2.05, 4.69) is 4.90 Å². The summed E-state index contributed by atoms with van der Waals surface area (Å²) in [5.41, 5.74) is 2.56. The standard InChI is InChI=1S/C39H43FN2O10/c40-26-11-9-25(10-12-26)34(24-4-2-1-3-5-24)42-18-16-41(17-19-42)21-28-30(46)20-31(51-39-38(50)37(49)36(48)32(22-43)52-39)33(35(28)47)29(45)15-8-23-6-13-27(44)14-7-23/h1-7,9-14,20,32,34,36-39,43-44,46-50H,8,15-19,21-22H2/t32-,34?,36-,37+,38-,39-/m0/s1. The van der Waals surface area contributed by atoms with Gasteiger partial charge in [0.2, 0.25) is 6.29 Å². The van der Waals surface area contributed by atoms with Gasteiger partial charge < -0.3 is 45.2 Å². The molecule has 276 valence electrons. The number of ether oxygens (including phenoxy) is 2. The summed E-state index contributed by atoms with van der Waals surface area (Å²) < 4.78 is 25.1. The van der Waals surface area contributed by atoms with Crippen molar-refractivity contribution in [2.45, 2.75) is 56.1 Å². The number of rotatable bonds is 12. The SMILES string of the molecule is O=C(CCc1ccc(O)cc1)c1c(O[C@H]2O[C@@H](CO)[C@H](O)[C@@H](O)[C@@H]2O)cc(O)c(CN2CCN(C(c3ccccc3)c3ccc(F)cc3)CC2)c1O. The van der Waals surface area contributed by atoms with Crippen molar-refractivity contribution >= 4 is 5.78 Å². The number of hydrogen-bond acceptors (Lipinski definition) is 12. The Morgan fingerprint density at radius 2 is 1.50 bits per heavy atom. The van der Waals surface area contributed by atoms with Crippen molar-refractivity contribution in [2.75, 3.05) is 32.8 Å². The van der Waals surface area contributed by atoms with Crippen LogP contribution in [0.25, 0.3) is 0 Å². The van der Waals surface area contributed by atoms with Gasteiger partial charge in [-0.2, -0.15) is 0 Å². The summed E-state index contributed by atoms with van der Waals surface area (Å²) in [5.74, 6) is -2.04. The van der Waals surface area contributed by atoms with Crippen molar-refractivity contribution in [3.05, 3.63) is 119 Å². The number of aryl methyl sites for hydroxylation is 1. The molecular formula is C39H43FN2O10. The summed E-state index contributed by atoms with van der Waals surface area (Å²) >= 11 is 0. The highest BCUT2D eigenvalue weighted by molar-refractivity contribution is 6.02. The molecule has 1 unspecified atom stereocenters. The van der Waals surface area contributed by atoms with Crippen LogP contribution < -0.4 is 4.74 Å². The molecule has 2 heterocycles. The van der Waals surface area contributed by atoms with Crippen molar-refractivity contribution < 1.29 is 54.4 Å². The van der Waals surface area contributed by atoms with E-state index >= 15 is 0 Å². The molecule has 2 aliphatic heterocycles. The number of aliphatic hydroxyl groups excluding tert-OH is 4. The summed E-state index contributed by atoms with van der Waals surface area (Å²) in [6, 6.07) is 23.7. The first-order valence-electron chi connectivity index (χ1n) is 17.2. The minimum atomic E-state index is -1.80. The average Bonchev–Trinajstić information content (AvgIpc) is 3.15. The lowest BCUT2D eigenvalue weighted by Crippen LogP contribution is -2.60. The highest BCUT2D eigenvalue weighted by Crippen LogP contribution is 2.41. The van der Waals surface area contributed by atoms with Gasteiger partial charge in [0, 0.05) is 45.2 Å². The van der Waals surface area contributed by atoms with E-state index in [1.807, 2.05) is 35.2 Å². The van der Waals surface area contributed by atoms with Crippen molar-refractivity contribution in [2.24, 2.45) is 0 Å².